The van der Waals surface area contributed by atoms with E-state index in [0.717, 1.165) is 0 Å². The summed E-state index contributed by atoms with van der Waals surface area (Å²) in [6.07, 6.45) is 1.77. The van der Waals surface area contributed by atoms with E-state index >= 15 is 0 Å². The van der Waals surface area contributed by atoms with Gasteiger partial charge in [-0.2, -0.15) is 0 Å². The van der Waals surface area contributed by atoms with Crippen molar-refractivity contribution in [3.63, 3.8) is 0 Å². The maximum absolute atomic E-state index is 12.1. The monoisotopic (exact) mass is 251 g/mol. The second kappa shape index (κ2) is 3.43. The van der Waals surface area contributed by atoms with Crippen LogP contribution in [0.3, 0.4) is 0 Å². The Morgan fingerprint density at radius 3 is 1.93 bits per heavy atom. The molecule has 88 valence electrons. The summed E-state index contributed by atoms with van der Waals surface area (Å²) in [5, 5.41) is 0. The van der Waals surface area contributed by atoms with Crippen molar-refractivity contribution < 1.29 is 9.09 Å². The molecule has 0 aromatic rings. The standard InChI is InChI=1S/C10H19ClNO2P/c1-9(2,3)8-7-12(10(4,5)6)15(11,13)14-8/h7H,1-6H3. The molecule has 1 rings (SSSR count). The molecule has 0 saturated carbocycles. The Morgan fingerprint density at radius 1 is 1.27 bits per heavy atom. The highest BCUT2D eigenvalue weighted by Gasteiger charge is 2.44. The van der Waals surface area contributed by atoms with Crippen LogP contribution in [0.4, 0.5) is 0 Å². The predicted octanol–water partition coefficient (Wildman–Crippen LogP) is 4.35. The molecule has 0 spiro atoms. The van der Waals surface area contributed by atoms with E-state index in [4.69, 9.17) is 15.8 Å². The van der Waals surface area contributed by atoms with Crippen LogP contribution in [0.2, 0.25) is 0 Å². The molecule has 1 aliphatic rings. The Balaban J connectivity index is 3.09. The number of halogens is 1. The van der Waals surface area contributed by atoms with Crippen LogP contribution in [0, 0.1) is 5.41 Å². The molecule has 0 radical (unpaired) electrons. The Morgan fingerprint density at radius 2 is 1.73 bits per heavy atom. The molecule has 1 unspecified atom stereocenters. The molecule has 0 aliphatic carbocycles. The van der Waals surface area contributed by atoms with Gasteiger partial charge in [-0.05, 0) is 20.8 Å². The lowest BCUT2D eigenvalue weighted by atomic mass is 9.94. The van der Waals surface area contributed by atoms with Crippen LogP contribution in [0.15, 0.2) is 12.0 Å². The lowest BCUT2D eigenvalue weighted by molar-refractivity contribution is 0.290. The molecule has 0 amide bonds. The minimum atomic E-state index is -3.21. The lowest BCUT2D eigenvalue weighted by Crippen LogP contribution is -2.31. The van der Waals surface area contributed by atoms with E-state index in [1.165, 1.54) is 0 Å². The fraction of sp³-hybridized carbons (Fsp3) is 0.800. The third-order valence-electron chi connectivity index (χ3n) is 2.13. The number of hydrogen-bond donors (Lipinski definition) is 0. The number of nitrogens with zero attached hydrogens (tertiary/aromatic N) is 1. The molecule has 0 aromatic carbocycles. The molecule has 1 aliphatic heterocycles. The first-order valence-electron chi connectivity index (χ1n) is 4.96. The van der Waals surface area contributed by atoms with Crippen molar-refractivity contribution in [3.8, 4) is 0 Å². The van der Waals surface area contributed by atoms with Gasteiger partial charge < -0.3 is 4.52 Å². The van der Waals surface area contributed by atoms with Gasteiger partial charge in [0.2, 0.25) is 0 Å². The molecule has 15 heavy (non-hydrogen) atoms. The molecule has 1 atom stereocenters. The van der Waals surface area contributed by atoms with Gasteiger partial charge in [-0.15, -0.1) is 0 Å². The van der Waals surface area contributed by atoms with Crippen LogP contribution < -0.4 is 0 Å². The van der Waals surface area contributed by atoms with Gasteiger partial charge >= 0.3 is 6.87 Å². The molecule has 3 nitrogen and oxygen atoms in total. The smallest absolute Gasteiger partial charge is 0.420 e. The highest BCUT2D eigenvalue weighted by molar-refractivity contribution is 7.83. The van der Waals surface area contributed by atoms with Crippen LogP contribution in [0.25, 0.3) is 0 Å². The summed E-state index contributed by atoms with van der Waals surface area (Å²) in [6, 6.07) is 0. The zero-order valence-corrected chi connectivity index (χ0v) is 11.8. The summed E-state index contributed by atoms with van der Waals surface area (Å²) in [5.74, 6) is 0.677. The van der Waals surface area contributed by atoms with Gasteiger partial charge in [0.15, 0.2) is 0 Å². The summed E-state index contributed by atoms with van der Waals surface area (Å²) >= 11 is 5.93. The van der Waals surface area contributed by atoms with E-state index in [2.05, 4.69) is 0 Å². The van der Waals surface area contributed by atoms with E-state index in [1.807, 2.05) is 41.5 Å². The Hall–Kier alpha value is -0.140. The number of rotatable bonds is 0. The maximum Gasteiger partial charge on any atom is 0.438 e. The third-order valence-corrected chi connectivity index (χ3v) is 4.48. The summed E-state index contributed by atoms with van der Waals surface area (Å²) in [5.41, 5.74) is -0.477. The Kier molecular flexibility index (Phi) is 2.95. The molecule has 5 heteroatoms. The van der Waals surface area contributed by atoms with E-state index in [0.29, 0.717) is 5.76 Å². The summed E-state index contributed by atoms with van der Waals surface area (Å²) < 4.78 is 19.0. The van der Waals surface area contributed by atoms with Gasteiger partial charge in [0.1, 0.15) is 5.76 Å². The lowest BCUT2D eigenvalue weighted by Gasteiger charge is -2.31. The van der Waals surface area contributed by atoms with Crippen molar-refractivity contribution in [3.05, 3.63) is 12.0 Å². The highest BCUT2D eigenvalue weighted by Crippen LogP contribution is 2.66. The van der Waals surface area contributed by atoms with E-state index < -0.39 is 6.87 Å². The molecule has 1 heterocycles. The molecule has 0 N–H and O–H groups in total. The van der Waals surface area contributed by atoms with Crippen LogP contribution in [-0.4, -0.2) is 10.2 Å². The zero-order valence-electron chi connectivity index (χ0n) is 10.2. The van der Waals surface area contributed by atoms with Crippen molar-refractivity contribution in [1.29, 1.82) is 0 Å². The van der Waals surface area contributed by atoms with Crippen LogP contribution in [0.1, 0.15) is 41.5 Å². The number of allylic oxidation sites excluding steroid dienone is 1. The molecule has 0 aromatic heterocycles. The third kappa shape index (κ3) is 2.70. The zero-order chi connectivity index (χ0) is 12.1. The van der Waals surface area contributed by atoms with Gasteiger partial charge in [0, 0.05) is 28.4 Å². The van der Waals surface area contributed by atoms with Gasteiger partial charge in [0.05, 0.1) is 0 Å². The van der Waals surface area contributed by atoms with Crippen molar-refractivity contribution in [2.45, 2.75) is 47.1 Å². The van der Waals surface area contributed by atoms with E-state index in [-0.39, 0.29) is 11.0 Å². The second-order valence-corrected chi connectivity index (χ2v) is 8.60. The summed E-state index contributed by atoms with van der Waals surface area (Å²) in [7, 11) is 0. The molecule has 0 fully saturated rings. The molecular formula is C10H19ClNO2P. The van der Waals surface area contributed by atoms with E-state index in [9.17, 15) is 4.57 Å². The van der Waals surface area contributed by atoms with Crippen LogP contribution in [0.5, 0.6) is 0 Å². The second-order valence-electron chi connectivity index (χ2n) is 5.80. The minimum absolute atomic E-state index is 0.176. The largest absolute Gasteiger partial charge is 0.438 e. The van der Waals surface area contributed by atoms with Crippen LogP contribution in [-0.2, 0) is 9.09 Å². The predicted molar refractivity (Wildman–Crippen MR) is 63.7 cm³/mol. The first-order chi connectivity index (χ1) is 6.44. The maximum atomic E-state index is 12.1. The first-order valence-corrected chi connectivity index (χ1v) is 7.44. The molecule has 0 bridgehead atoms. The highest BCUT2D eigenvalue weighted by atomic mass is 35.7. The summed E-state index contributed by atoms with van der Waals surface area (Å²) in [4.78, 5) is 0. The van der Waals surface area contributed by atoms with Crippen molar-refractivity contribution >= 4 is 18.1 Å². The molecule has 0 saturated heterocycles. The SMILES string of the molecule is CC(C)(C)C1=CN(C(C)(C)C)P(=O)(Cl)O1. The van der Waals surface area contributed by atoms with Crippen molar-refractivity contribution in [1.82, 2.24) is 4.67 Å². The average molecular weight is 252 g/mol. The van der Waals surface area contributed by atoms with Gasteiger partial charge in [-0.3, -0.25) is 4.67 Å². The van der Waals surface area contributed by atoms with Crippen molar-refractivity contribution in [2.24, 2.45) is 5.41 Å². The average Bonchev–Trinajstić information content (AvgIpc) is 2.22. The van der Waals surface area contributed by atoms with Crippen LogP contribution >= 0.6 is 18.1 Å². The quantitative estimate of drug-likeness (QED) is 0.600. The van der Waals surface area contributed by atoms with Gasteiger partial charge in [-0.25, -0.2) is 4.57 Å². The van der Waals surface area contributed by atoms with Gasteiger partial charge in [-0.1, -0.05) is 20.8 Å². The Labute approximate surface area is 96.7 Å². The van der Waals surface area contributed by atoms with E-state index in [1.54, 1.807) is 10.9 Å². The normalized spacial score (nSPS) is 27.7. The fourth-order valence-electron chi connectivity index (χ4n) is 1.25. The number of hydrogen-bond acceptors (Lipinski definition) is 2. The fourth-order valence-corrected chi connectivity index (χ4v) is 3.90. The molecular weight excluding hydrogens is 233 g/mol. The topological polar surface area (TPSA) is 29.5 Å². The van der Waals surface area contributed by atoms with Gasteiger partial charge in [0.25, 0.3) is 0 Å². The summed E-state index contributed by atoms with van der Waals surface area (Å²) in [6.45, 7) is 8.65. The van der Waals surface area contributed by atoms with Crippen molar-refractivity contribution in [2.75, 3.05) is 0 Å². The Bertz CT molecular complexity index is 338. The minimum Gasteiger partial charge on any atom is -0.420 e. The first kappa shape index (κ1) is 12.9.